The highest BCUT2D eigenvalue weighted by Crippen LogP contribution is 2.37. The highest BCUT2D eigenvalue weighted by atomic mass is 79.9. The Bertz CT molecular complexity index is 562. The monoisotopic (exact) mass is 329 g/mol. The van der Waals surface area contributed by atoms with E-state index in [0.717, 1.165) is 34.2 Å². The van der Waals surface area contributed by atoms with Gasteiger partial charge in [-0.15, -0.1) is 0 Å². The summed E-state index contributed by atoms with van der Waals surface area (Å²) < 4.78 is 6.97. The molecular formula is C14H17BrClNO. The lowest BCUT2D eigenvalue weighted by Gasteiger charge is -2.06. The summed E-state index contributed by atoms with van der Waals surface area (Å²) in [6, 6.07) is 3.84. The molecule has 0 bridgehead atoms. The molecule has 1 aromatic carbocycles. The summed E-state index contributed by atoms with van der Waals surface area (Å²) in [5.74, 6) is 1.56. The largest absolute Gasteiger partial charge is 0.458 e. The van der Waals surface area contributed by atoms with Crippen LogP contribution in [0.2, 0.25) is 5.02 Å². The smallest absolute Gasteiger partial charge is 0.154 e. The summed E-state index contributed by atoms with van der Waals surface area (Å²) in [5.41, 5.74) is 2.04. The van der Waals surface area contributed by atoms with E-state index in [1.807, 2.05) is 19.2 Å². The fourth-order valence-corrected chi connectivity index (χ4v) is 2.91. The highest BCUT2D eigenvalue weighted by Gasteiger charge is 2.18. The molecule has 0 radical (unpaired) electrons. The van der Waals surface area contributed by atoms with Gasteiger partial charge in [0.1, 0.15) is 5.76 Å². The average Bonchev–Trinajstić information content (AvgIpc) is 2.64. The molecule has 98 valence electrons. The van der Waals surface area contributed by atoms with E-state index in [-0.39, 0.29) is 0 Å². The van der Waals surface area contributed by atoms with Gasteiger partial charge in [-0.25, -0.2) is 0 Å². The van der Waals surface area contributed by atoms with Gasteiger partial charge >= 0.3 is 0 Å². The van der Waals surface area contributed by atoms with Crippen molar-refractivity contribution >= 4 is 38.5 Å². The standard InChI is InChI=1S/C14H17BrClNO/c1-8(2)6-9-12(7-17-3)18-14-11(16)5-4-10(15)13(9)14/h4-5,8,17H,6-7H2,1-3H3. The number of benzene rings is 1. The molecule has 1 heterocycles. The fraction of sp³-hybridized carbons (Fsp3) is 0.429. The fourth-order valence-electron chi connectivity index (χ4n) is 2.17. The number of furan rings is 1. The number of halogens is 2. The van der Waals surface area contributed by atoms with Crippen molar-refractivity contribution in [3.05, 3.63) is 33.0 Å². The third-order valence-corrected chi connectivity index (χ3v) is 3.83. The molecule has 0 unspecified atom stereocenters. The lowest BCUT2D eigenvalue weighted by molar-refractivity contribution is 0.516. The highest BCUT2D eigenvalue weighted by molar-refractivity contribution is 9.10. The lowest BCUT2D eigenvalue weighted by atomic mass is 10.00. The second kappa shape index (κ2) is 5.64. The number of nitrogens with one attached hydrogen (secondary N) is 1. The van der Waals surface area contributed by atoms with Crippen molar-refractivity contribution in [1.29, 1.82) is 0 Å². The minimum absolute atomic E-state index is 0.576. The molecule has 0 saturated carbocycles. The van der Waals surface area contributed by atoms with Gasteiger partial charge in [0.25, 0.3) is 0 Å². The van der Waals surface area contributed by atoms with Gasteiger partial charge < -0.3 is 9.73 Å². The zero-order chi connectivity index (χ0) is 13.3. The molecule has 0 fully saturated rings. The zero-order valence-electron chi connectivity index (χ0n) is 10.8. The van der Waals surface area contributed by atoms with Crippen molar-refractivity contribution in [2.24, 2.45) is 5.92 Å². The summed E-state index contributed by atoms with van der Waals surface area (Å²) in [6.45, 7) is 5.14. The molecule has 1 N–H and O–H groups in total. The van der Waals surface area contributed by atoms with Crippen molar-refractivity contribution in [1.82, 2.24) is 5.32 Å². The number of hydrogen-bond donors (Lipinski definition) is 1. The minimum Gasteiger partial charge on any atom is -0.458 e. The van der Waals surface area contributed by atoms with Crippen LogP contribution in [0.25, 0.3) is 11.0 Å². The molecule has 2 rings (SSSR count). The van der Waals surface area contributed by atoms with E-state index in [1.165, 1.54) is 5.56 Å². The van der Waals surface area contributed by atoms with Crippen LogP contribution in [0.4, 0.5) is 0 Å². The number of hydrogen-bond acceptors (Lipinski definition) is 2. The summed E-state index contributed by atoms with van der Waals surface area (Å²) in [7, 11) is 1.92. The molecule has 18 heavy (non-hydrogen) atoms. The molecule has 0 atom stereocenters. The lowest BCUT2D eigenvalue weighted by Crippen LogP contribution is -2.07. The van der Waals surface area contributed by atoms with Crippen LogP contribution < -0.4 is 5.32 Å². The molecule has 0 spiro atoms. The topological polar surface area (TPSA) is 25.2 Å². The second-order valence-corrected chi connectivity index (χ2v) is 6.13. The molecule has 0 amide bonds. The van der Waals surface area contributed by atoms with Crippen molar-refractivity contribution < 1.29 is 4.42 Å². The summed E-state index contributed by atoms with van der Waals surface area (Å²) in [6.07, 6.45) is 0.989. The predicted octanol–water partition coefficient (Wildman–Crippen LogP) is 4.77. The summed E-state index contributed by atoms with van der Waals surface area (Å²) in [4.78, 5) is 0. The Morgan fingerprint density at radius 3 is 2.72 bits per heavy atom. The maximum Gasteiger partial charge on any atom is 0.154 e. The minimum atomic E-state index is 0.576. The Kier molecular flexibility index (Phi) is 4.36. The van der Waals surface area contributed by atoms with Crippen molar-refractivity contribution in [3.8, 4) is 0 Å². The Labute approximate surface area is 121 Å². The van der Waals surface area contributed by atoms with Gasteiger partial charge in [0.05, 0.1) is 11.6 Å². The Morgan fingerprint density at radius 2 is 2.11 bits per heavy atom. The van der Waals surface area contributed by atoms with Gasteiger partial charge in [0.2, 0.25) is 0 Å². The van der Waals surface area contributed by atoms with Gasteiger partial charge in [0, 0.05) is 15.4 Å². The maximum atomic E-state index is 6.22. The van der Waals surface area contributed by atoms with E-state index in [4.69, 9.17) is 16.0 Å². The SMILES string of the molecule is CNCc1oc2c(Cl)ccc(Br)c2c1CC(C)C. The van der Waals surface area contributed by atoms with Gasteiger partial charge in [0.15, 0.2) is 5.58 Å². The van der Waals surface area contributed by atoms with E-state index in [1.54, 1.807) is 0 Å². The van der Waals surface area contributed by atoms with E-state index in [9.17, 15) is 0 Å². The van der Waals surface area contributed by atoms with Crippen molar-refractivity contribution in [2.75, 3.05) is 7.05 Å². The van der Waals surface area contributed by atoms with E-state index < -0.39 is 0 Å². The molecule has 0 aliphatic heterocycles. The third-order valence-electron chi connectivity index (χ3n) is 2.87. The first-order chi connectivity index (χ1) is 8.54. The van der Waals surface area contributed by atoms with Crippen molar-refractivity contribution in [2.45, 2.75) is 26.8 Å². The Balaban J connectivity index is 2.68. The van der Waals surface area contributed by atoms with Crippen LogP contribution >= 0.6 is 27.5 Å². The molecular weight excluding hydrogens is 314 g/mol. The summed E-state index contributed by atoms with van der Waals surface area (Å²) in [5, 5.41) is 4.93. The number of fused-ring (bicyclic) bond motifs is 1. The first-order valence-electron chi connectivity index (χ1n) is 6.07. The van der Waals surface area contributed by atoms with Crippen LogP contribution in [0, 0.1) is 5.92 Å². The van der Waals surface area contributed by atoms with Crippen LogP contribution in [0.1, 0.15) is 25.2 Å². The van der Waals surface area contributed by atoms with Gasteiger partial charge in [-0.1, -0.05) is 41.4 Å². The normalized spacial score (nSPS) is 11.7. The number of rotatable bonds is 4. The Morgan fingerprint density at radius 1 is 1.39 bits per heavy atom. The first kappa shape index (κ1) is 13.9. The second-order valence-electron chi connectivity index (χ2n) is 4.87. The van der Waals surface area contributed by atoms with Gasteiger partial charge in [-0.05, 0) is 31.5 Å². The Hall–Kier alpha value is -0.510. The van der Waals surface area contributed by atoms with Crippen LogP contribution in [0.3, 0.4) is 0 Å². The molecule has 2 nitrogen and oxygen atoms in total. The van der Waals surface area contributed by atoms with E-state index in [0.29, 0.717) is 10.9 Å². The van der Waals surface area contributed by atoms with E-state index >= 15 is 0 Å². The summed E-state index contributed by atoms with van der Waals surface area (Å²) >= 11 is 9.81. The molecule has 1 aromatic heterocycles. The van der Waals surface area contributed by atoms with Crippen molar-refractivity contribution in [3.63, 3.8) is 0 Å². The third kappa shape index (κ3) is 2.58. The van der Waals surface area contributed by atoms with Crippen LogP contribution in [-0.2, 0) is 13.0 Å². The molecule has 0 aliphatic rings. The molecule has 0 aliphatic carbocycles. The maximum absolute atomic E-state index is 6.22. The van der Waals surface area contributed by atoms with Gasteiger partial charge in [-0.3, -0.25) is 0 Å². The average molecular weight is 331 g/mol. The zero-order valence-corrected chi connectivity index (χ0v) is 13.2. The van der Waals surface area contributed by atoms with Crippen LogP contribution in [0.5, 0.6) is 0 Å². The predicted molar refractivity (Wildman–Crippen MR) is 80.2 cm³/mol. The molecule has 2 aromatic rings. The van der Waals surface area contributed by atoms with E-state index in [2.05, 4.69) is 35.1 Å². The quantitative estimate of drug-likeness (QED) is 0.874. The molecule has 0 saturated heterocycles. The van der Waals surface area contributed by atoms with Crippen LogP contribution in [-0.4, -0.2) is 7.05 Å². The van der Waals surface area contributed by atoms with Gasteiger partial charge in [-0.2, -0.15) is 0 Å². The van der Waals surface area contributed by atoms with Crippen LogP contribution in [0.15, 0.2) is 21.0 Å². The molecule has 4 heteroatoms. The first-order valence-corrected chi connectivity index (χ1v) is 7.24.